The Balaban J connectivity index is 1.66. The molecule has 4 nitrogen and oxygen atoms in total. The highest BCUT2D eigenvalue weighted by Crippen LogP contribution is 2.27. The van der Waals surface area contributed by atoms with Gasteiger partial charge in [-0.05, 0) is 61.3 Å². The number of rotatable bonds is 5. The van der Waals surface area contributed by atoms with Crippen LogP contribution in [0.4, 0.5) is 11.4 Å². The van der Waals surface area contributed by atoms with Crippen molar-refractivity contribution in [3.05, 3.63) is 59.7 Å². The van der Waals surface area contributed by atoms with Crippen molar-refractivity contribution in [1.29, 1.82) is 0 Å². The number of anilines is 2. The first-order valence-corrected chi connectivity index (χ1v) is 9.52. The summed E-state index contributed by atoms with van der Waals surface area (Å²) in [5.41, 5.74) is 4.22. The molecule has 26 heavy (non-hydrogen) atoms. The molecule has 0 bridgehead atoms. The highest BCUT2D eigenvalue weighted by molar-refractivity contribution is 7.80. The van der Waals surface area contributed by atoms with Gasteiger partial charge in [0.2, 0.25) is 5.91 Å². The van der Waals surface area contributed by atoms with Crippen LogP contribution in [0.2, 0.25) is 0 Å². The lowest BCUT2D eigenvalue weighted by molar-refractivity contribution is -0.117. The van der Waals surface area contributed by atoms with Crippen LogP contribution >= 0.6 is 12.2 Å². The SMILES string of the molecule is CCC(NC(=S)Nc1ccc(N2CCCC2=O)c(C)c1)c1ccccc1. The standard InChI is InChI=1S/C21H25N3OS/c1-3-18(16-8-5-4-6-9-16)23-21(26)22-17-11-12-19(15(2)14-17)24-13-7-10-20(24)25/h4-6,8-9,11-12,14,18H,3,7,10,13H2,1-2H3,(H2,22,23,26). The van der Waals surface area contributed by atoms with E-state index in [1.54, 1.807) is 0 Å². The largest absolute Gasteiger partial charge is 0.356 e. The Morgan fingerprint density at radius 1 is 1.23 bits per heavy atom. The van der Waals surface area contributed by atoms with E-state index in [1.807, 2.05) is 48.2 Å². The molecule has 3 rings (SSSR count). The summed E-state index contributed by atoms with van der Waals surface area (Å²) >= 11 is 5.49. The topological polar surface area (TPSA) is 44.4 Å². The predicted molar refractivity (Wildman–Crippen MR) is 112 cm³/mol. The van der Waals surface area contributed by atoms with E-state index in [9.17, 15) is 4.79 Å². The second-order valence-electron chi connectivity index (χ2n) is 6.62. The van der Waals surface area contributed by atoms with Gasteiger partial charge in [-0.25, -0.2) is 0 Å². The first-order chi connectivity index (χ1) is 12.6. The molecule has 1 aliphatic rings. The van der Waals surface area contributed by atoms with Crippen molar-refractivity contribution >= 4 is 34.6 Å². The van der Waals surface area contributed by atoms with E-state index in [2.05, 4.69) is 29.7 Å². The van der Waals surface area contributed by atoms with E-state index in [-0.39, 0.29) is 11.9 Å². The average molecular weight is 368 g/mol. The second-order valence-corrected chi connectivity index (χ2v) is 7.03. The maximum atomic E-state index is 12.0. The molecule has 1 amide bonds. The molecule has 1 heterocycles. The van der Waals surface area contributed by atoms with Crippen LogP contribution in [0.5, 0.6) is 0 Å². The fourth-order valence-electron chi connectivity index (χ4n) is 3.37. The summed E-state index contributed by atoms with van der Waals surface area (Å²) in [5.74, 6) is 0.208. The minimum absolute atomic E-state index is 0.179. The number of nitrogens with zero attached hydrogens (tertiary/aromatic N) is 1. The lowest BCUT2D eigenvalue weighted by Crippen LogP contribution is -2.32. The van der Waals surface area contributed by atoms with Crippen molar-refractivity contribution in [2.45, 2.75) is 39.2 Å². The molecule has 0 aromatic heterocycles. The van der Waals surface area contributed by atoms with Crippen molar-refractivity contribution < 1.29 is 4.79 Å². The van der Waals surface area contributed by atoms with Crippen molar-refractivity contribution in [3.8, 4) is 0 Å². The Hall–Kier alpha value is -2.40. The van der Waals surface area contributed by atoms with E-state index in [1.165, 1.54) is 5.56 Å². The van der Waals surface area contributed by atoms with Crippen LogP contribution in [0, 0.1) is 6.92 Å². The van der Waals surface area contributed by atoms with Gasteiger partial charge in [0.05, 0.1) is 6.04 Å². The maximum absolute atomic E-state index is 12.0. The summed E-state index contributed by atoms with van der Waals surface area (Å²) in [6.07, 6.45) is 2.52. The normalized spacial score (nSPS) is 15.0. The number of hydrogen-bond acceptors (Lipinski definition) is 2. The average Bonchev–Trinajstić information content (AvgIpc) is 3.06. The molecule has 1 unspecified atom stereocenters. The van der Waals surface area contributed by atoms with Gasteiger partial charge in [-0.2, -0.15) is 0 Å². The van der Waals surface area contributed by atoms with Gasteiger partial charge in [0.15, 0.2) is 5.11 Å². The Morgan fingerprint density at radius 3 is 2.62 bits per heavy atom. The van der Waals surface area contributed by atoms with Gasteiger partial charge in [-0.1, -0.05) is 37.3 Å². The number of aryl methyl sites for hydroxylation is 1. The van der Waals surface area contributed by atoms with Gasteiger partial charge < -0.3 is 15.5 Å². The van der Waals surface area contributed by atoms with Crippen LogP contribution in [0.25, 0.3) is 0 Å². The highest BCUT2D eigenvalue weighted by atomic mass is 32.1. The Morgan fingerprint density at radius 2 is 2.00 bits per heavy atom. The van der Waals surface area contributed by atoms with Crippen molar-refractivity contribution in [2.75, 3.05) is 16.8 Å². The molecule has 2 N–H and O–H groups in total. The summed E-state index contributed by atoms with van der Waals surface area (Å²) in [5, 5.41) is 7.25. The molecule has 1 aliphatic heterocycles. The fourth-order valence-corrected chi connectivity index (χ4v) is 3.63. The van der Waals surface area contributed by atoms with Crippen molar-refractivity contribution in [1.82, 2.24) is 5.32 Å². The minimum Gasteiger partial charge on any atom is -0.356 e. The third kappa shape index (κ3) is 4.22. The summed E-state index contributed by atoms with van der Waals surface area (Å²) in [4.78, 5) is 13.8. The lowest BCUT2D eigenvalue weighted by Gasteiger charge is -2.21. The van der Waals surface area contributed by atoms with Gasteiger partial charge in [0.1, 0.15) is 0 Å². The van der Waals surface area contributed by atoms with Crippen LogP contribution in [-0.2, 0) is 4.79 Å². The van der Waals surface area contributed by atoms with Crippen LogP contribution in [0.1, 0.15) is 43.4 Å². The number of amides is 1. The molecule has 136 valence electrons. The fraction of sp³-hybridized carbons (Fsp3) is 0.333. The molecule has 2 aromatic carbocycles. The molecule has 0 aliphatic carbocycles. The van der Waals surface area contributed by atoms with Gasteiger partial charge in [-0.15, -0.1) is 0 Å². The Kier molecular flexibility index (Phi) is 5.89. The van der Waals surface area contributed by atoms with Gasteiger partial charge >= 0.3 is 0 Å². The number of nitrogens with one attached hydrogen (secondary N) is 2. The van der Waals surface area contributed by atoms with E-state index in [4.69, 9.17) is 12.2 Å². The smallest absolute Gasteiger partial charge is 0.227 e. The third-order valence-corrected chi connectivity index (χ3v) is 4.95. The molecule has 0 radical (unpaired) electrons. The molecule has 1 fully saturated rings. The first kappa shape index (κ1) is 18.4. The summed E-state index contributed by atoms with van der Waals surface area (Å²) in [6, 6.07) is 16.5. The number of carbonyl (C=O) groups is 1. The number of thiocarbonyl (C=S) groups is 1. The summed E-state index contributed by atoms with van der Waals surface area (Å²) in [6.45, 7) is 4.97. The summed E-state index contributed by atoms with van der Waals surface area (Å²) < 4.78 is 0. The second kappa shape index (κ2) is 8.32. The van der Waals surface area contributed by atoms with E-state index in [0.717, 1.165) is 36.3 Å². The molecule has 2 aromatic rings. The zero-order valence-corrected chi connectivity index (χ0v) is 16.1. The van der Waals surface area contributed by atoms with Crippen LogP contribution < -0.4 is 15.5 Å². The van der Waals surface area contributed by atoms with Crippen LogP contribution in [-0.4, -0.2) is 17.6 Å². The molecule has 5 heteroatoms. The van der Waals surface area contributed by atoms with Crippen molar-refractivity contribution in [2.24, 2.45) is 0 Å². The lowest BCUT2D eigenvalue weighted by atomic mass is 10.1. The predicted octanol–water partition coefficient (Wildman–Crippen LogP) is 4.56. The Labute approximate surface area is 160 Å². The molecule has 0 saturated carbocycles. The minimum atomic E-state index is 0.179. The van der Waals surface area contributed by atoms with Crippen molar-refractivity contribution in [3.63, 3.8) is 0 Å². The first-order valence-electron chi connectivity index (χ1n) is 9.12. The summed E-state index contributed by atoms with van der Waals surface area (Å²) in [7, 11) is 0. The van der Waals surface area contributed by atoms with Crippen LogP contribution in [0.3, 0.4) is 0 Å². The maximum Gasteiger partial charge on any atom is 0.227 e. The quantitative estimate of drug-likeness (QED) is 0.761. The molecule has 1 atom stereocenters. The van der Waals surface area contributed by atoms with Crippen LogP contribution in [0.15, 0.2) is 48.5 Å². The molecular formula is C21H25N3OS. The van der Waals surface area contributed by atoms with E-state index >= 15 is 0 Å². The molecular weight excluding hydrogens is 342 g/mol. The Bertz CT molecular complexity index is 791. The van der Waals surface area contributed by atoms with Gasteiger partial charge in [0, 0.05) is 24.3 Å². The van der Waals surface area contributed by atoms with E-state index < -0.39 is 0 Å². The van der Waals surface area contributed by atoms with Gasteiger partial charge in [0.25, 0.3) is 0 Å². The molecule has 0 spiro atoms. The zero-order chi connectivity index (χ0) is 18.5. The molecule has 1 saturated heterocycles. The number of benzene rings is 2. The van der Waals surface area contributed by atoms with E-state index in [0.29, 0.717) is 11.5 Å². The number of hydrogen-bond donors (Lipinski definition) is 2. The highest BCUT2D eigenvalue weighted by Gasteiger charge is 2.23. The van der Waals surface area contributed by atoms with Gasteiger partial charge in [-0.3, -0.25) is 4.79 Å². The monoisotopic (exact) mass is 367 g/mol. The third-order valence-electron chi connectivity index (χ3n) is 4.73. The number of carbonyl (C=O) groups excluding carboxylic acids is 1. The zero-order valence-electron chi connectivity index (χ0n) is 15.3.